The summed E-state index contributed by atoms with van der Waals surface area (Å²) in [6.07, 6.45) is 2.11. The summed E-state index contributed by atoms with van der Waals surface area (Å²) >= 11 is 1.98. The van der Waals surface area contributed by atoms with Gasteiger partial charge in [0.25, 0.3) is 0 Å². The molecule has 80 valence electrons. The molecule has 1 spiro atoms. The Balaban J connectivity index is 1.98. The van der Waals surface area contributed by atoms with E-state index in [4.69, 9.17) is 10.5 Å². The van der Waals surface area contributed by atoms with Gasteiger partial charge in [0, 0.05) is 23.8 Å². The third kappa shape index (κ3) is 1.54. The van der Waals surface area contributed by atoms with Crippen LogP contribution in [0.25, 0.3) is 0 Å². The molecule has 1 fully saturated rings. The molecule has 2 atom stereocenters. The van der Waals surface area contributed by atoms with Crippen LogP contribution in [0.2, 0.25) is 0 Å². The minimum Gasteiger partial charge on any atom is -0.486 e. The molecule has 3 rings (SSSR count). The van der Waals surface area contributed by atoms with Crippen LogP contribution in [0.1, 0.15) is 24.4 Å². The maximum absolute atomic E-state index is 6.21. The normalized spacial score (nSPS) is 33.8. The number of ether oxygens (including phenoxy) is 1. The van der Waals surface area contributed by atoms with Gasteiger partial charge in [-0.2, -0.15) is 11.8 Å². The number of hydrogen-bond acceptors (Lipinski definition) is 3. The molecule has 1 aromatic carbocycles. The number of thioether (sulfide) groups is 1. The van der Waals surface area contributed by atoms with E-state index in [9.17, 15) is 0 Å². The Morgan fingerprint density at radius 3 is 3.07 bits per heavy atom. The van der Waals surface area contributed by atoms with Crippen molar-refractivity contribution in [2.24, 2.45) is 5.73 Å². The first-order chi connectivity index (χ1) is 7.29. The van der Waals surface area contributed by atoms with Crippen molar-refractivity contribution in [3.63, 3.8) is 0 Å². The minimum absolute atomic E-state index is 0.0262. The maximum Gasteiger partial charge on any atom is 0.124 e. The highest BCUT2D eigenvalue weighted by molar-refractivity contribution is 7.99. The van der Waals surface area contributed by atoms with Crippen LogP contribution < -0.4 is 10.5 Å². The molecule has 0 amide bonds. The van der Waals surface area contributed by atoms with E-state index in [-0.39, 0.29) is 11.6 Å². The lowest BCUT2D eigenvalue weighted by Gasteiger charge is -2.38. The summed E-state index contributed by atoms with van der Waals surface area (Å²) in [6.45, 7) is 0. The zero-order chi connectivity index (χ0) is 10.3. The molecule has 0 aliphatic carbocycles. The number of rotatable bonds is 0. The summed E-state index contributed by atoms with van der Waals surface area (Å²) in [4.78, 5) is 0. The lowest BCUT2D eigenvalue weighted by atomic mass is 9.87. The predicted molar refractivity (Wildman–Crippen MR) is 63.3 cm³/mol. The Morgan fingerprint density at radius 1 is 1.40 bits per heavy atom. The van der Waals surface area contributed by atoms with Gasteiger partial charge in [-0.1, -0.05) is 18.2 Å². The van der Waals surface area contributed by atoms with E-state index in [1.54, 1.807) is 0 Å². The zero-order valence-electron chi connectivity index (χ0n) is 8.61. The van der Waals surface area contributed by atoms with Crippen LogP contribution in [0, 0.1) is 0 Å². The van der Waals surface area contributed by atoms with Crippen LogP contribution in [-0.2, 0) is 0 Å². The average molecular weight is 221 g/mol. The van der Waals surface area contributed by atoms with Crippen LogP contribution in [0.3, 0.4) is 0 Å². The standard InChI is InChI=1S/C12H15NOS/c13-10-7-12(5-6-15-8-12)14-11-4-2-1-3-9(10)11/h1-4,10H,5-8,13H2/t10-,12?/m1/s1. The van der Waals surface area contributed by atoms with Crippen molar-refractivity contribution < 1.29 is 4.74 Å². The second-order valence-electron chi connectivity index (χ2n) is 4.44. The van der Waals surface area contributed by atoms with Gasteiger partial charge in [0.1, 0.15) is 11.4 Å². The van der Waals surface area contributed by atoms with Crippen molar-refractivity contribution in [3.05, 3.63) is 29.8 Å². The van der Waals surface area contributed by atoms with Crippen molar-refractivity contribution in [1.29, 1.82) is 0 Å². The number of para-hydroxylation sites is 1. The fourth-order valence-corrected chi connectivity index (χ4v) is 3.85. The van der Waals surface area contributed by atoms with E-state index in [0.717, 1.165) is 24.3 Å². The Kier molecular flexibility index (Phi) is 2.18. The van der Waals surface area contributed by atoms with Crippen molar-refractivity contribution in [2.45, 2.75) is 24.5 Å². The fraction of sp³-hybridized carbons (Fsp3) is 0.500. The number of hydrogen-bond donors (Lipinski definition) is 1. The smallest absolute Gasteiger partial charge is 0.124 e. The minimum atomic E-state index is 0.0262. The van der Waals surface area contributed by atoms with E-state index in [0.29, 0.717) is 0 Å². The van der Waals surface area contributed by atoms with Gasteiger partial charge in [-0.15, -0.1) is 0 Å². The summed E-state index contributed by atoms with van der Waals surface area (Å²) in [5, 5.41) is 0. The molecule has 0 bridgehead atoms. The van der Waals surface area contributed by atoms with Gasteiger partial charge in [0.15, 0.2) is 0 Å². The van der Waals surface area contributed by atoms with Crippen LogP contribution in [0.15, 0.2) is 24.3 Å². The van der Waals surface area contributed by atoms with E-state index in [1.807, 2.05) is 30.0 Å². The maximum atomic E-state index is 6.21. The Bertz CT molecular complexity index is 374. The van der Waals surface area contributed by atoms with Gasteiger partial charge in [0.05, 0.1) is 0 Å². The van der Waals surface area contributed by atoms with E-state index in [2.05, 4.69) is 6.07 Å². The molecule has 0 aromatic heterocycles. The van der Waals surface area contributed by atoms with E-state index in [1.165, 1.54) is 11.3 Å². The van der Waals surface area contributed by atoms with Gasteiger partial charge in [0.2, 0.25) is 0 Å². The largest absolute Gasteiger partial charge is 0.486 e. The summed E-state index contributed by atoms with van der Waals surface area (Å²) < 4.78 is 6.15. The molecule has 2 nitrogen and oxygen atoms in total. The average Bonchev–Trinajstić information content (AvgIpc) is 2.66. The van der Waals surface area contributed by atoms with Gasteiger partial charge in [-0.3, -0.25) is 0 Å². The summed E-state index contributed by atoms with van der Waals surface area (Å²) in [6, 6.07) is 8.32. The molecule has 0 saturated carbocycles. The second kappa shape index (κ2) is 3.42. The second-order valence-corrected chi connectivity index (χ2v) is 5.54. The van der Waals surface area contributed by atoms with E-state index >= 15 is 0 Å². The SMILES string of the molecule is N[C@@H]1CC2(CCSC2)Oc2ccccc21. The number of benzene rings is 1. The predicted octanol–water partition coefficient (Wildman–Crippen LogP) is 2.34. The first kappa shape index (κ1) is 9.55. The van der Waals surface area contributed by atoms with Gasteiger partial charge >= 0.3 is 0 Å². The fourth-order valence-electron chi connectivity index (χ4n) is 2.50. The molecule has 2 N–H and O–H groups in total. The van der Waals surface area contributed by atoms with Gasteiger partial charge in [-0.25, -0.2) is 0 Å². The molecule has 1 unspecified atom stereocenters. The third-order valence-electron chi connectivity index (χ3n) is 3.30. The van der Waals surface area contributed by atoms with Crippen LogP contribution >= 0.6 is 11.8 Å². The molecular weight excluding hydrogens is 206 g/mol. The number of nitrogens with two attached hydrogens (primary N) is 1. The molecule has 1 saturated heterocycles. The Morgan fingerprint density at radius 2 is 2.27 bits per heavy atom. The quantitative estimate of drug-likeness (QED) is 0.730. The Hall–Kier alpha value is -0.670. The highest BCUT2D eigenvalue weighted by atomic mass is 32.2. The van der Waals surface area contributed by atoms with E-state index < -0.39 is 0 Å². The lowest BCUT2D eigenvalue weighted by molar-refractivity contribution is 0.0616. The molecule has 1 aromatic rings. The van der Waals surface area contributed by atoms with Crippen LogP contribution in [0.5, 0.6) is 5.75 Å². The first-order valence-electron chi connectivity index (χ1n) is 5.40. The Labute approximate surface area is 94.2 Å². The summed E-state index contributed by atoms with van der Waals surface area (Å²) in [5.41, 5.74) is 7.40. The lowest BCUT2D eigenvalue weighted by Crippen LogP contribution is -2.42. The third-order valence-corrected chi connectivity index (χ3v) is 4.53. The molecule has 3 heteroatoms. The number of fused-ring (bicyclic) bond motifs is 1. The molecule has 2 aliphatic heterocycles. The van der Waals surface area contributed by atoms with Gasteiger partial charge in [-0.05, 0) is 18.2 Å². The first-order valence-corrected chi connectivity index (χ1v) is 6.56. The van der Waals surface area contributed by atoms with Crippen LogP contribution in [-0.4, -0.2) is 17.1 Å². The monoisotopic (exact) mass is 221 g/mol. The highest BCUT2D eigenvalue weighted by Crippen LogP contribution is 2.44. The molecule has 0 radical (unpaired) electrons. The molecule has 2 heterocycles. The molecule has 15 heavy (non-hydrogen) atoms. The topological polar surface area (TPSA) is 35.2 Å². The van der Waals surface area contributed by atoms with Crippen molar-refractivity contribution in [3.8, 4) is 5.75 Å². The summed E-state index contributed by atoms with van der Waals surface area (Å²) in [5.74, 6) is 3.29. The van der Waals surface area contributed by atoms with Crippen molar-refractivity contribution in [1.82, 2.24) is 0 Å². The highest BCUT2D eigenvalue weighted by Gasteiger charge is 2.42. The molecular formula is C12H15NOS. The van der Waals surface area contributed by atoms with Crippen molar-refractivity contribution in [2.75, 3.05) is 11.5 Å². The molecule has 2 aliphatic rings. The van der Waals surface area contributed by atoms with Crippen molar-refractivity contribution >= 4 is 11.8 Å². The summed E-state index contributed by atoms with van der Waals surface area (Å²) in [7, 11) is 0. The van der Waals surface area contributed by atoms with Gasteiger partial charge < -0.3 is 10.5 Å². The zero-order valence-corrected chi connectivity index (χ0v) is 9.43. The van der Waals surface area contributed by atoms with Crippen LogP contribution in [0.4, 0.5) is 0 Å².